The van der Waals surface area contributed by atoms with Crippen LogP contribution in [0.1, 0.15) is 33.0 Å². The first-order chi connectivity index (χ1) is 9.33. The van der Waals surface area contributed by atoms with Crippen molar-refractivity contribution in [2.75, 3.05) is 4.90 Å². The molecule has 20 heavy (non-hydrogen) atoms. The largest absolute Gasteiger partial charge is 0.369 e. The Bertz CT molecular complexity index is 627. The number of nitriles is 1. The molecule has 0 radical (unpaired) electrons. The molecule has 0 spiro atoms. The number of halogens is 1. The Labute approximate surface area is 121 Å². The van der Waals surface area contributed by atoms with Crippen LogP contribution in [-0.4, -0.2) is 22.4 Å². The highest BCUT2D eigenvalue weighted by molar-refractivity contribution is 6.45. The molecule has 6 nitrogen and oxygen atoms in total. The Morgan fingerprint density at radius 3 is 2.80 bits per heavy atom. The van der Waals surface area contributed by atoms with Crippen LogP contribution in [0.5, 0.6) is 0 Å². The SMILES string of the molecule is CCC1=C(Cl)C(=O)N(c2cc(C(C)(C)C#N)on2)C1O. The minimum Gasteiger partial charge on any atom is -0.369 e. The van der Waals surface area contributed by atoms with Gasteiger partial charge in [-0.3, -0.25) is 9.69 Å². The van der Waals surface area contributed by atoms with Crippen LogP contribution in [0.3, 0.4) is 0 Å². The van der Waals surface area contributed by atoms with Gasteiger partial charge >= 0.3 is 0 Å². The summed E-state index contributed by atoms with van der Waals surface area (Å²) in [5, 5.41) is 22.9. The molecular weight excluding hydrogens is 282 g/mol. The van der Waals surface area contributed by atoms with Gasteiger partial charge in [0, 0.05) is 11.6 Å². The summed E-state index contributed by atoms with van der Waals surface area (Å²) in [6.45, 7) is 5.13. The molecule has 1 aromatic heterocycles. The Kier molecular flexibility index (Phi) is 3.59. The van der Waals surface area contributed by atoms with E-state index in [4.69, 9.17) is 21.4 Å². The molecule has 7 heteroatoms. The van der Waals surface area contributed by atoms with Crippen molar-refractivity contribution in [1.82, 2.24) is 5.16 Å². The second kappa shape index (κ2) is 4.93. The molecule has 0 saturated carbocycles. The van der Waals surface area contributed by atoms with Crippen molar-refractivity contribution < 1.29 is 14.4 Å². The lowest BCUT2D eigenvalue weighted by Crippen LogP contribution is -2.35. The Hall–Kier alpha value is -1.84. The van der Waals surface area contributed by atoms with E-state index >= 15 is 0 Å². The van der Waals surface area contributed by atoms with Crippen molar-refractivity contribution in [2.24, 2.45) is 0 Å². The minimum absolute atomic E-state index is 0.00379. The van der Waals surface area contributed by atoms with Crippen molar-refractivity contribution >= 4 is 23.3 Å². The van der Waals surface area contributed by atoms with Crippen molar-refractivity contribution in [2.45, 2.75) is 38.8 Å². The number of anilines is 1. The number of rotatable bonds is 3. The van der Waals surface area contributed by atoms with Gasteiger partial charge in [0.25, 0.3) is 5.91 Å². The van der Waals surface area contributed by atoms with Gasteiger partial charge in [-0.2, -0.15) is 5.26 Å². The zero-order valence-corrected chi connectivity index (χ0v) is 12.1. The molecule has 1 atom stereocenters. The molecule has 2 heterocycles. The maximum Gasteiger partial charge on any atom is 0.273 e. The van der Waals surface area contributed by atoms with Crippen LogP contribution in [-0.2, 0) is 10.2 Å². The number of nitrogens with zero attached hydrogens (tertiary/aromatic N) is 3. The Balaban J connectivity index is 2.36. The highest BCUT2D eigenvalue weighted by Crippen LogP contribution is 2.34. The van der Waals surface area contributed by atoms with E-state index in [0.29, 0.717) is 17.8 Å². The lowest BCUT2D eigenvalue weighted by molar-refractivity contribution is -0.115. The molecule has 1 aromatic rings. The van der Waals surface area contributed by atoms with E-state index in [1.54, 1.807) is 20.8 Å². The number of hydrogen-bond donors (Lipinski definition) is 1. The Morgan fingerprint density at radius 1 is 1.65 bits per heavy atom. The summed E-state index contributed by atoms with van der Waals surface area (Å²) in [5.74, 6) is -0.0656. The van der Waals surface area contributed by atoms with Gasteiger partial charge in [0.1, 0.15) is 10.4 Å². The van der Waals surface area contributed by atoms with E-state index in [-0.39, 0.29) is 10.9 Å². The smallest absolute Gasteiger partial charge is 0.273 e. The first-order valence-corrected chi connectivity index (χ1v) is 6.50. The molecule has 0 aromatic carbocycles. The quantitative estimate of drug-likeness (QED) is 0.921. The highest BCUT2D eigenvalue weighted by Gasteiger charge is 2.39. The van der Waals surface area contributed by atoms with Gasteiger partial charge < -0.3 is 9.63 Å². The van der Waals surface area contributed by atoms with Crippen molar-refractivity contribution in [1.29, 1.82) is 5.26 Å². The van der Waals surface area contributed by atoms with Gasteiger partial charge in [-0.25, -0.2) is 0 Å². The normalized spacial score (nSPS) is 19.7. The Morgan fingerprint density at radius 2 is 2.30 bits per heavy atom. The average Bonchev–Trinajstić information content (AvgIpc) is 2.96. The minimum atomic E-state index is -1.15. The number of aliphatic hydroxyl groups is 1. The standard InChI is InChI=1S/C13H14ClN3O3/c1-4-7-10(14)12(19)17(11(7)18)9-5-8(20-16-9)13(2,3)6-15/h5,11,18H,4H2,1-3H3. The zero-order chi connectivity index (χ0) is 15.1. The maximum atomic E-state index is 12.0. The predicted molar refractivity (Wildman–Crippen MR) is 71.8 cm³/mol. The van der Waals surface area contributed by atoms with Crippen LogP contribution in [0.4, 0.5) is 5.82 Å². The van der Waals surface area contributed by atoms with Gasteiger partial charge in [-0.05, 0) is 20.3 Å². The van der Waals surface area contributed by atoms with Crippen LogP contribution >= 0.6 is 11.6 Å². The molecule has 2 rings (SSSR count). The summed E-state index contributed by atoms with van der Waals surface area (Å²) in [6, 6.07) is 3.54. The van der Waals surface area contributed by atoms with Gasteiger partial charge in [0.2, 0.25) is 0 Å². The molecule has 0 bridgehead atoms. The fourth-order valence-electron chi connectivity index (χ4n) is 1.92. The summed E-state index contributed by atoms with van der Waals surface area (Å²) in [5.41, 5.74) is -0.426. The van der Waals surface area contributed by atoms with Crippen LogP contribution < -0.4 is 4.90 Å². The molecule has 1 unspecified atom stereocenters. The van der Waals surface area contributed by atoms with E-state index in [9.17, 15) is 9.90 Å². The number of amides is 1. The van der Waals surface area contributed by atoms with E-state index in [1.807, 2.05) is 0 Å². The fourth-order valence-corrected chi connectivity index (χ4v) is 2.24. The van der Waals surface area contributed by atoms with E-state index in [2.05, 4.69) is 11.2 Å². The highest BCUT2D eigenvalue weighted by atomic mass is 35.5. The number of aliphatic hydroxyl groups excluding tert-OH is 1. The summed E-state index contributed by atoms with van der Waals surface area (Å²) in [7, 11) is 0. The molecule has 0 aliphatic carbocycles. The third kappa shape index (κ3) is 2.09. The number of carbonyl (C=O) groups is 1. The van der Waals surface area contributed by atoms with Gasteiger partial charge in [0.05, 0.1) is 6.07 Å². The summed E-state index contributed by atoms with van der Waals surface area (Å²) >= 11 is 5.91. The molecule has 0 saturated heterocycles. The molecule has 106 valence electrons. The average molecular weight is 296 g/mol. The summed E-state index contributed by atoms with van der Waals surface area (Å²) in [4.78, 5) is 13.1. The molecule has 1 amide bonds. The predicted octanol–water partition coefficient (Wildman–Crippen LogP) is 2.04. The third-order valence-electron chi connectivity index (χ3n) is 3.27. The van der Waals surface area contributed by atoms with Crippen molar-refractivity contribution in [3.63, 3.8) is 0 Å². The van der Waals surface area contributed by atoms with Crippen molar-refractivity contribution in [3.05, 3.63) is 22.4 Å². The van der Waals surface area contributed by atoms with Gasteiger partial charge in [-0.1, -0.05) is 23.7 Å². The summed E-state index contributed by atoms with van der Waals surface area (Å²) in [6.07, 6.45) is -0.695. The van der Waals surface area contributed by atoms with E-state index < -0.39 is 17.6 Å². The second-order valence-corrected chi connectivity index (χ2v) is 5.41. The first kappa shape index (κ1) is 14.6. The van der Waals surface area contributed by atoms with Gasteiger partial charge in [-0.15, -0.1) is 0 Å². The van der Waals surface area contributed by atoms with E-state index in [0.717, 1.165) is 4.90 Å². The second-order valence-electron chi connectivity index (χ2n) is 5.03. The van der Waals surface area contributed by atoms with Gasteiger partial charge in [0.15, 0.2) is 17.8 Å². The van der Waals surface area contributed by atoms with E-state index in [1.165, 1.54) is 6.07 Å². The number of hydrogen-bond acceptors (Lipinski definition) is 5. The van der Waals surface area contributed by atoms with Crippen molar-refractivity contribution in [3.8, 4) is 6.07 Å². The van der Waals surface area contributed by atoms with Crippen LogP contribution in [0.15, 0.2) is 21.2 Å². The molecule has 1 aliphatic heterocycles. The monoisotopic (exact) mass is 295 g/mol. The summed E-state index contributed by atoms with van der Waals surface area (Å²) < 4.78 is 5.09. The lowest BCUT2D eigenvalue weighted by atomic mass is 9.92. The molecule has 1 aliphatic rings. The fraction of sp³-hybridized carbons (Fsp3) is 0.462. The molecular formula is C13H14ClN3O3. The maximum absolute atomic E-state index is 12.0. The molecule has 0 fully saturated rings. The lowest BCUT2D eigenvalue weighted by Gasteiger charge is -2.18. The third-order valence-corrected chi connectivity index (χ3v) is 3.67. The number of carbonyl (C=O) groups excluding carboxylic acids is 1. The van der Waals surface area contributed by atoms with Crippen LogP contribution in [0.2, 0.25) is 0 Å². The number of aromatic nitrogens is 1. The zero-order valence-electron chi connectivity index (χ0n) is 11.3. The van der Waals surface area contributed by atoms with Crippen LogP contribution in [0.25, 0.3) is 0 Å². The topological polar surface area (TPSA) is 90.4 Å². The van der Waals surface area contributed by atoms with Crippen LogP contribution in [0, 0.1) is 11.3 Å². The molecule has 1 N–H and O–H groups in total. The first-order valence-electron chi connectivity index (χ1n) is 6.12.